The zero-order chi connectivity index (χ0) is 104. The fourth-order valence-electron chi connectivity index (χ4n) is 17.3. The van der Waals surface area contributed by atoms with Crippen LogP contribution in [0, 0.1) is 0 Å². The molecule has 20 nitrogen and oxygen atoms in total. The molecule has 0 rings (SSSR count). The Morgan fingerprint density at radius 3 is 0.340 bits per heavy atom. The summed E-state index contributed by atoms with van der Waals surface area (Å²) in [5.74, 6) is -12.5. The van der Waals surface area contributed by atoms with Crippen molar-refractivity contribution in [3.8, 4) is 0 Å². The van der Waals surface area contributed by atoms with Crippen molar-refractivity contribution in [2.75, 3.05) is 79.3 Å². The zero-order valence-corrected chi connectivity index (χ0v) is 98.5. The number of carbonyl (C=O) groups excluding carboxylic acids is 4. The van der Waals surface area contributed by atoms with Crippen molar-refractivity contribution >= 4 is 23.9 Å². The monoisotopic (exact) mass is 2090 g/mol. The maximum absolute atomic E-state index is 12.4. The second-order valence-electron chi connectivity index (χ2n) is 40.4. The molecule has 0 aromatic carbocycles. The summed E-state index contributed by atoms with van der Waals surface area (Å²) in [6.45, 7) is 38.7. The first-order valence-electron chi connectivity index (χ1n) is 60.8. The van der Waals surface area contributed by atoms with E-state index >= 15 is 0 Å². The molecular weight excluding hydrogens is 1850 g/mol. The Hall–Kier alpha value is -1.72. The Morgan fingerprint density at radius 1 is 0.149 bits per heavy atom. The minimum atomic E-state index is -1.81. The zero-order valence-electron chi connectivity index (χ0n) is 96.0. The van der Waals surface area contributed by atoms with E-state index in [2.05, 4.69) is 111 Å². The first-order chi connectivity index (χ1) is 68.3. The standard InChI is InChI=1S/4C30H60O5.Zr/c4*1-5-9-13-14-15-16-17-18-19-20-21-22-23-24-28(33-25-10-6-2)30(29(31)32,34-26-11-7-3)35-27-12-8-4;/h4*28H,5-27H2,1-4H3,(H,31,32);/q;;;;+4/p-4. The largest absolute Gasteiger partial charge is 4.00 e. The second-order valence-corrected chi connectivity index (χ2v) is 40.4. The maximum Gasteiger partial charge on any atom is 4.00 e. The van der Waals surface area contributed by atoms with Crippen LogP contribution in [0.5, 0.6) is 0 Å². The van der Waals surface area contributed by atoms with E-state index in [0.29, 0.717) is 105 Å². The molecule has 0 saturated heterocycles. The number of carboxylic acid groups (broad SMARTS) is 4. The number of hydrogen-bond donors (Lipinski definition) is 0. The van der Waals surface area contributed by atoms with Gasteiger partial charge in [0.25, 0.3) is 0 Å². The van der Waals surface area contributed by atoms with Crippen molar-refractivity contribution in [2.24, 2.45) is 0 Å². The van der Waals surface area contributed by atoms with E-state index in [0.717, 1.165) is 205 Å². The molecule has 0 saturated carbocycles. The molecule has 21 heteroatoms. The van der Waals surface area contributed by atoms with Crippen molar-refractivity contribution in [1.82, 2.24) is 0 Å². The number of carboxylic acids is 4. The van der Waals surface area contributed by atoms with Gasteiger partial charge in [-0.05, 0) is 103 Å². The summed E-state index contributed by atoms with van der Waals surface area (Å²) in [7, 11) is 0. The van der Waals surface area contributed by atoms with E-state index < -0.39 is 71.4 Å². The quantitative estimate of drug-likeness (QED) is 0.0404. The predicted octanol–water partition coefficient (Wildman–Crippen LogP) is 30.9. The van der Waals surface area contributed by atoms with Crippen LogP contribution in [0.1, 0.15) is 624 Å². The van der Waals surface area contributed by atoms with E-state index in [1.165, 1.54) is 283 Å². The molecule has 0 aliphatic rings. The van der Waals surface area contributed by atoms with E-state index in [-0.39, 0.29) is 26.2 Å². The summed E-state index contributed by atoms with van der Waals surface area (Å²) in [6, 6.07) is 0. The van der Waals surface area contributed by atoms with Crippen molar-refractivity contribution in [3.05, 3.63) is 0 Å². The topological polar surface area (TPSA) is 271 Å². The van der Waals surface area contributed by atoms with Crippen LogP contribution in [-0.2, 0) is 102 Å². The summed E-state index contributed by atoms with van der Waals surface area (Å²) in [5, 5.41) is 49.5. The molecule has 0 aromatic heterocycles. The Morgan fingerprint density at radius 2 is 0.241 bits per heavy atom. The molecule has 4 unspecified atom stereocenters. The minimum Gasteiger partial charge on any atom is -0.544 e. The predicted molar refractivity (Wildman–Crippen MR) is 578 cm³/mol. The van der Waals surface area contributed by atoms with Gasteiger partial charge in [-0.2, -0.15) is 0 Å². The van der Waals surface area contributed by atoms with Crippen molar-refractivity contribution in [2.45, 2.75) is 672 Å². The molecule has 0 aliphatic carbocycles. The molecule has 0 fully saturated rings. The van der Waals surface area contributed by atoms with Crippen molar-refractivity contribution in [1.29, 1.82) is 0 Å². The van der Waals surface area contributed by atoms with Crippen molar-refractivity contribution in [3.63, 3.8) is 0 Å². The molecule has 0 amide bonds. The summed E-state index contributed by atoms with van der Waals surface area (Å²) in [5.41, 5.74) is 0. The Balaban J connectivity index is -0.000000582. The molecule has 0 radical (unpaired) electrons. The van der Waals surface area contributed by atoms with Crippen LogP contribution in [0.3, 0.4) is 0 Å². The van der Waals surface area contributed by atoms with Gasteiger partial charge in [0.1, 0.15) is 48.3 Å². The molecule has 0 N–H and O–H groups in total. The summed E-state index contributed by atoms with van der Waals surface area (Å²) in [6.07, 6.45) is 87.9. The third-order valence-electron chi connectivity index (χ3n) is 26.9. The van der Waals surface area contributed by atoms with Crippen LogP contribution in [-0.4, -0.2) is 151 Å². The maximum atomic E-state index is 12.4. The Kier molecular flexibility index (Phi) is 121. The van der Waals surface area contributed by atoms with Gasteiger partial charge in [0.2, 0.25) is 23.1 Å². The van der Waals surface area contributed by atoms with Gasteiger partial charge in [0.05, 0.1) is 52.9 Å². The van der Waals surface area contributed by atoms with Gasteiger partial charge in [-0.15, -0.1) is 0 Å². The first-order valence-corrected chi connectivity index (χ1v) is 60.8. The smallest absolute Gasteiger partial charge is 0.544 e. The van der Waals surface area contributed by atoms with Crippen LogP contribution in [0.2, 0.25) is 0 Å². The van der Waals surface area contributed by atoms with E-state index in [1.54, 1.807) is 0 Å². The van der Waals surface area contributed by atoms with Gasteiger partial charge in [0.15, 0.2) is 0 Å². The number of carbonyl (C=O) groups is 4. The van der Waals surface area contributed by atoms with Crippen LogP contribution >= 0.6 is 0 Å². The first kappa shape index (κ1) is 148. The van der Waals surface area contributed by atoms with Crippen LogP contribution in [0.15, 0.2) is 0 Å². The summed E-state index contributed by atoms with van der Waals surface area (Å²) >= 11 is 0. The molecule has 4 atom stereocenters. The van der Waals surface area contributed by atoms with Gasteiger partial charge < -0.3 is 96.4 Å². The third kappa shape index (κ3) is 84.6. The van der Waals surface area contributed by atoms with E-state index in [9.17, 15) is 39.6 Å². The molecule has 0 spiro atoms. The average molecular weight is 2090 g/mol. The van der Waals surface area contributed by atoms with Crippen LogP contribution in [0.25, 0.3) is 0 Å². The molecular formula is C120H236O20Zr. The third-order valence-corrected chi connectivity index (χ3v) is 26.9. The van der Waals surface area contributed by atoms with Crippen molar-refractivity contribution < 1.29 is 123 Å². The average Bonchev–Trinajstić information content (AvgIpc) is 0.825. The number of unbranched alkanes of at least 4 members (excludes halogenated alkanes) is 60. The Bertz CT molecular complexity index is 2110. The Labute approximate surface area is 892 Å². The molecule has 0 heterocycles. The van der Waals surface area contributed by atoms with Crippen LogP contribution < -0.4 is 20.4 Å². The second kappa shape index (κ2) is 115. The number of rotatable bonds is 112. The number of hydrogen-bond acceptors (Lipinski definition) is 20. The molecule has 0 aliphatic heterocycles. The molecule has 0 bridgehead atoms. The normalized spacial score (nSPS) is 12.7. The number of ether oxygens (including phenoxy) is 12. The fourth-order valence-corrected chi connectivity index (χ4v) is 17.3. The van der Waals surface area contributed by atoms with Gasteiger partial charge in [0, 0.05) is 26.4 Å². The SMILES string of the molecule is CCCCCCCCCCCCCCCC(OCCCC)C(OCCCC)(OCCCC)C(=O)[O-].CCCCCCCCCCCCCCCC(OCCCC)C(OCCCC)(OCCCC)C(=O)[O-].CCCCCCCCCCCCCCCC(OCCCC)C(OCCCC)(OCCCC)C(=O)[O-].CCCCCCCCCCCCCCCC(OCCCC)C(OCCCC)(OCCCC)C(=O)[O-].[Zr+4]. The van der Waals surface area contributed by atoms with Gasteiger partial charge >= 0.3 is 26.2 Å². The van der Waals surface area contributed by atoms with E-state index in [4.69, 9.17) is 56.8 Å². The molecule has 840 valence electrons. The van der Waals surface area contributed by atoms with E-state index in [1.807, 2.05) is 0 Å². The molecule has 0 aromatic rings. The number of aliphatic carboxylic acids is 4. The minimum absolute atomic E-state index is 0. The molecule has 141 heavy (non-hydrogen) atoms. The summed E-state index contributed by atoms with van der Waals surface area (Å²) < 4.78 is 71.8. The fraction of sp³-hybridized carbons (Fsp3) is 0.967. The van der Waals surface area contributed by atoms with Gasteiger partial charge in [-0.25, -0.2) is 0 Å². The van der Waals surface area contributed by atoms with Gasteiger partial charge in [-0.1, -0.05) is 522 Å². The van der Waals surface area contributed by atoms with Crippen LogP contribution in [0.4, 0.5) is 0 Å². The van der Waals surface area contributed by atoms with Gasteiger partial charge in [-0.3, -0.25) is 0 Å². The summed E-state index contributed by atoms with van der Waals surface area (Å²) in [4.78, 5) is 49.5.